The van der Waals surface area contributed by atoms with Crippen LogP contribution < -0.4 is 4.98 Å². The molecule has 0 aliphatic rings. The standard InChI is InChI=1S/C6H15NSi2/c1-4-5-7-9-6(2)8-3/h6-7H,4-5H2,1-3H3. The lowest BCUT2D eigenvalue weighted by Gasteiger charge is -2.05. The predicted molar refractivity (Wildman–Crippen MR) is 45.1 cm³/mol. The van der Waals surface area contributed by atoms with Crippen LogP contribution in [0.5, 0.6) is 0 Å². The maximum atomic E-state index is 3.42. The van der Waals surface area contributed by atoms with Gasteiger partial charge in [0.25, 0.3) is 0 Å². The average molecular weight is 157 g/mol. The summed E-state index contributed by atoms with van der Waals surface area (Å²) >= 11 is 0. The molecule has 0 saturated carbocycles. The third kappa shape index (κ3) is 6.28. The van der Waals surface area contributed by atoms with Crippen molar-refractivity contribution in [2.75, 3.05) is 6.54 Å². The SMILES string of the molecule is CCCN[Si]C(C)[Si]C. The van der Waals surface area contributed by atoms with Gasteiger partial charge in [-0.05, 0) is 18.1 Å². The van der Waals surface area contributed by atoms with Gasteiger partial charge in [-0.1, -0.05) is 20.4 Å². The minimum atomic E-state index is 0.900. The first kappa shape index (κ1) is 9.39. The summed E-state index contributed by atoms with van der Waals surface area (Å²) in [6, 6.07) is 0. The van der Waals surface area contributed by atoms with Gasteiger partial charge in [-0.25, -0.2) is 0 Å². The van der Waals surface area contributed by atoms with Crippen molar-refractivity contribution in [2.45, 2.75) is 32.0 Å². The molecule has 1 atom stereocenters. The largest absolute Gasteiger partial charge is 0.339 e. The molecule has 3 heteroatoms. The maximum Gasteiger partial charge on any atom is 0.138 e. The summed E-state index contributed by atoms with van der Waals surface area (Å²) in [5.74, 6) is 0. The molecule has 9 heavy (non-hydrogen) atoms. The first-order valence-electron chi connectivity index (χ1n) is 3.47. The van der Waals surface area contributed by atoms with Crippen LogP contribution in [-0.4, -0.2) is 25.7 Å². The Kier molecular flexibility index (Phi) is 6.80. The summed E-state index contributed by atoms with van der Waals surface area (Å²) in [5.41, 5.74) is 0. The van der Waals surface area contributed by atoms with E-state index < -0.39 is 0 Å². The van der Waals surface area contributed by atoms with Gasteiger partial charge >= 0.3 is 0 Å². The molecule has 0 fully saturated rings. The van der Waals surface area contributed by atoms with Gasteiger partial charge in [-0.2, -0.15) is 0 Å². The van der Waals surface area contributed by atoms with E-state index in [4.69, 9.17) is 0 Å². The first-order chi connectivity index (χ1) is 4.31. The van der Waals surface area contributed by atoms with Crippen LogP contribution >= 0.6 is 0 Å². The van der Waals surface area contributed by atoms with Crippen LogP contribution in [0.25, 0.3) is 0 Å². The van der Waals surface area contributed by atoms with Crippen LogP contribution in [-0.2, 0) is 0 Å². The van der Waals surface area contributed by atoms with Gasteiger partial charge in [-0.15, -0.1) is 0 Å². The highest BCUT2D eigenvalue weighted by Crippen LogP contribution is 1.93. The van der Waals surface area contributed by atoms with Crippen molar-refractivity contribution in [3.63, 3.8) is 0 Å². The zero-order valence-corrected chi connectivity index (χ0v) is 8.49. The maximum absolute atomic E-state index is 3.42. The lowest BCUT2D eigenvalue weighted by Crippen LogP contribution is -2.25. The Morgan fingerprint density at radius 3 is 2.67 bits per heavy atom. The van der Waals surface area contributed by atoms with Crippen LogP contribution in [0.1, 0.15) is 20.3 Å². The van der Waals surface area contributed by atoms with Crippen molar-refractivity contribution in [3.8, 4) is 0 Å². The van der Waals surface area contributed by atoms with Crippen molar-refractivity contribution in [2.24, 2.45) is 0 Å². The van der Waals surface area contributed by atoms with Gasteiger partial charge in [0.2, 0.25) is 0 Å². The predicted octanol–water partition coefficient (Wildman–Crippen LogP) is 1.12. The molecule has 1 N–H and O–H groups in total. The second-order valence-electron chi connectivity index (χ2n) is 2.08. The molecule has 1 nitrogen and oxygen atoms in total. The van der Waals surface area contributed by atoms with Gasteiger partial charge in [0.05, 0.1) is 0 Å². The second-order valence-corrected chi connectivity index (χ2v) is 5.61. The minimum absolute atomic E-state index is 0.900. The summed E-state index contributed by atoms with van der Waals surface area (Å²) in [6.07, 6.45) is 1.26. The van der Waals surface area contributed by atoms with E-state index >= 15 is 0 Å². The van der Waals surface area contributed by atoms with Crippen LogP contribution in [0.2, 0.25) is 11.7 Å². The normalized spacial score (nSPS) is 13.7. The van der Waals surface area contributed by atoms with Gasteiger partial charge in [-0.3, -0.25) is 0 Å². The zero-order valence-electron chi connectivity index (χ0n) is 6.49. The number of hydrogen-bond donors (Lipinski definition) is 1. The minimum Gasteiger partial charge on any atom is -0.339 e. The second kappa shape index (κ2) is 6.51. The molecule has 0 saturated heterocycles. The topological polar surface area (TPSA) is 12.0 Å². The summed E-state index contributed by atoms with van der Waals surface area (Å²) in [6.45, 7) is 7.97. The summed E-state index contributed by atoms with van der Waals surface area (Å²) < 4.78 is 0. The van der Waals surface area contributed by atoms with E-state index in [1.54, 1.807) is 0 Å². The van der Waals surface area contributed by atoms with Crippen LogP contribution in [0.4, 0.5) is 0 Å². The molecule has 1 unspecified atom stereocenters. The third-order valence-electron chi connectivity index (χ3n) is 1.13. The molecule has 0 bridgehead atoms. The molecule has 4 radical (unpaired) electrons. The smallest absolute Gasteiger partial charge is 0.138 e. The van der Waals surface area contributed by atoms with E-state index in [0.29, 0.717) is 0 Å². The van der Waals surface area contributed by atoms with E-state index in [-0.39, 0.29) is 0 Å². The zero-order chi connectivity index (χ0) is 7.11. The Labute approximate surface area is 63.3 Å². The molecule has 0 amide bonds. The fraction of sp³-hybridized carbons (Fsp3) is 1.00. The molecule has 0 rings (SSSR count). The van der Waals surface area contributed by atoms with E-state index in [0.717, 1.165) is 24.4 Å². The molecule has 0 aliphatic heterocycles. The highest BCUT2D eigenvalue weighted by molar-refractivity contribution is 6.56. The number of hydrogen-bond acceptors (Lipinski definition) is 1. The van der Waals surface area contributed by atoms with E-state index in [9.17, 15) is 0 Å². The summed E-state index contributed by atoms with van der Waals surface area (Å²) in [5, 5.41) is 0.900. The fourth-order valence-electron chi connectivity index (χ4n) is 0.422. The molecule has 52 valence electrons. The van der Waals surface area contributed by atoms with Crippen LogP contribution in [0.3, 0.4) is 0 Å². The van der Waals surface area contributed by atoms with Crippen molar-refractivity contribution < 1.29 is 0 Å². The van der Waals surface area contributed by atoms with E-state index in [1.165, 1.54) is 13.0 Å². The molecule has 0 spiro atoms. The third-order valence-corrected chi connectivity index (χ3v) is 4.18. The van der Waals surface area contributed by atoms with Crippen LogP contribution in [0, 0.1) is 0 Å². The Bertz CT molecular complexity index is 59.0. The molecular formula is C6H15NSi2. The molecule has 0 aromatic rings. The average Bonchev–Trinajstić information content (AvgIpc) is 1.89. The van der Waals surface area contributed by atoms with Gasteiger partial charge in [0.15, 0.2) is 0 Å². The van der Waals surface area contributed by atoms with Crippen molar-refractivity contribution >= 4 is 19.2 Å². The Morgan fingerprint density at radius 2 is 2.22 bits per heavy atom. The van der Waals surface area contributed by atoms with Gasteiger partial charge < -0.3 is 4.98 Å². The van der Waals surface area contributed by atoms with Crippen molar-refractivity contribution in [1.82, 2.24) is 4.98 Å². The number of nitrogens with one attached hydrogen (secondary N) is 1. The van der Waals surface area contributed by atoms with Crippen molar-refractivity contribution in [3.05, 3.63) is 0 Å². The molecule has 0 aliphatic carbocycles. The lowest BCUT2D eigenvalue weighted by atomic mass is 10.5. The lowest BCUT2D eigenvalue weighted by molar-refractivity contribution is 0.854. The summed E-state index contributed by atoms with van der Waals surface area (Å²) in [4.78, 5) is 3.42. The monoisotopic (exact) mass is 157 g/mol. The Morgan fingerprint density at radius 1 is 1.56 bits per heavy atom. The Hall–Kier alpha value is 0.394. The fourth-order valence-corrected chi connectivity index (χ4v) is 2.01. The first-order valence-corrected chi connectivity index (χ1v) is 6.12. The molecular weight excluding hydrogens is 142 g/mol. The molecule has 0 aromatic heterocycles. The summed E-state index contributed by atoms with van der Waals surface area (Å²) in [7, 11) is 2.07. The van der Waals surface area contributed by atoms with E-state index in [1.807, 2.05) is 0 Å². The highest BCUT2D eigenvalue weighted by Gasteiger charge is 1.98. The van der Waals surface area contributed by atoms with Gasteiger partial charge in [0, 0.05) is 9.52 Å². The molecule has 0 aromatic carbocycles. The quantitative estimate of drug-likeness (QED) is 0.466. The Balaban J connectivity index is 2.88. The molecule has 0 heterocycles. The van der Waals surface area contributed by atoms with Gasteiger partial charge in [0.1, 0.15) is 9.68 Å². The van der Waals surface area contributed by atoms with E-state index in [2.05, 4.69) is 25.4 Å². The highest BCUT2D eigenvalue weighted by atomic mass is 28.3. The number of rotatable bonds is 5. The van der Waals surface area contributed by atoms with Crippen LogP contribution in [0.15, 0.2) is 0 Å². The van der Waals surface area contributed by atoms with Crippen molar-refractivity contribution in [1.29, 1.82) is 0 Å².